The fraction of sp³-hybridized carbons (Fsp3) is 0.176. The first-order valence-corrected chi connectivity index (χ1v) is 7.43. The van der Waals surface area contributed by atoms with Gasteiger partial charge in [-0.3, -0.25) is 5.32 Å². The summed E-state index contributed by atoms with van der Waals surface area (Å²) in [6, 6.07) is 15.5. The van der Waals surface area contributed by atoms with Crippen molar-refractivity contribution in [3.63, 3.8) is 0 Å². The third-order valence-electron chi connectivity index (χ3n) is 3.72. The van der Waals surface area contributed by atoms with Crippen LogP contribution in [0.1, 0.15) is 12.0 Å². The molecule has 0 radical (unpaired) electrons. The lowest BCUT2D eigenvalue weighted by Crippen LogP contribution is -2.07. The second-order valence-electron chi connectivity index (χ2n) is 5.34. The van der Waals surface area contributed by atoms with E-state index in [2.05, 4.69) is 22.4 Å². The minimum absolute atomic E-state index is 0.445. The zero-order valence-corrected chi connectivity index (χ0v) is 12.6. The van der Waals surface area contributed by atoms with Crippen molar-refractivity contribution in [1.82, 2.24) is 9.55 Å². The van der Waals surface area contributed by atoms with E-state index >= 15 is 0 Å². The van der Waals surface area contributed by atoms with Crippen LogP contribution in [0.5, 0.6) is 0 Å². The molecule has 23 heavy (non-hydrogen) atoms. The first-order valence-electron chi connectivity index (χ1n) is 7.43. The monoisotopic (exact) mass is 310 g/mol. The lowest BCUT2D eigenvalue weighted by molar-refractivity contribution is 0.210. The molecule has 0 aliphatic heterocycles. The number of carbonyl (C=O) groups is 1. The number of nitrogens with one attached hydrogen (secondary N) is 1. The first-order chi connectivity index (χ1) is 11.1. The second kappa shape index (κ2) is 6.39. The first kappa shape index (κ1) is 14.9. The van der Waals surface area contributed by atoms with E-state index in [0.29, 0.717) is 17.2 Å². The molecule has 0 unspecified atom stereocenters. The smallest absolute Gasteiger partial charge is 0.409 e. The van der Waals surface area contributed by atoms with Gasteiger partial charge in [0.05, 0.1) is 11.0 Å². The summed E-state index contributed by atoms with van der Waals surface area (Å²) in [4.78, 5) is 15.0. The van der Waals surface area contributed by atoms with Gasteiger partial charge in [0.25, 0.3) is 0 Å². The fourth-order valence-electron chi connectivity index (χ4n) is 2.67. The van der Waals surface area contributed by atoms with E-state index in [9.17, 15) is 4.79 Å². The van der Waals surface area contributed by atoms with Gasteiger partial charge in [-0.05, 0) is 36.6 Å². The number of hydrogen-bond donors (Lipinski definition) is 3. The number of hydrogen-bond acceptors (Lipinski definition) is 3. The van der Waals surface area contributed by atoms with Crippen LogP contribution in [0.3, 0.4) is 0 Å². The summed E-state index contributed by atoms with van der Waals surface area (Å²) in [5, 5.41) is 11.1. The highest BCUT2D eigenvalue weighted by molar-refractivity contribution is 5.88. The fourth-order valence-corrected chi connectivity index (χ4v) is 2.67. The number of rotatable bonds is 5. The van der Waals surface area contributed by atoms with Crippen molar-refractivity contribution >= 4 is 28.8 Å². The van der Waals surface area contributed by atoms with Crippen LogP contribution >= 0.6 is 0 Å². The number of fused-ring (bicyclic) bond motifs is 1. The second-order valence-corrected chi connectivity index (χ2v) is 5.34. The van der Waals surface area contributed by atoms with E-state index < -0.39 is 6.09 Å². The number of nitrogen functional groups attached to an aromatic ring is 1. The molecule has 1 amide bonds. The van der Waals surface area contributed by atoms with Gasteiger partial charge in [0.1, 0.15) is 0 Å². The molecule has 2 aromatic carbocycles. The van der Waals surface area contributed by atoms with Crippen molar-refractivity contribution in [2.24, 2.45) is 0 Å². The number of benzene rings is 2. The Hall–Kier alpha value is -3.02. The molecule has 6 heteroatoms. The molecule has 0 fully saturated rings. The normalized spacial score (nSPS) is 10.8. The molecule has 0 aliphatic rings. The van der Waals surface area contributed by atoms with Gasteiger partial charge in [-0.15, -0.1) is 0 Å². The molecule has 0 saturated heterocycles. The average molecular weight is 310 g/mol. The van der Waals surface area contributed by atoms with Gasteiger partial charge in [0, 0.05) is 12.2 Å². The predicted octanol–water partition coefficient (Wildman–Crippen LogP) is 3.34. The predicted molar refractivity (Wildman–Crippen MR) is 90.6 cm³/mol. The standard InChI is InChI=1S/C17H18N4O2/c18-16-20-14-11-13(19-17(22)23)8-9-15(14)21(16)10-4-7-12-5-2-1-3-6-12/h1-3,5-6,8-9,11,19H,4,7,10H2,(H2,18,20)(H,22,23). The van der Waals surface area contributed by atoms with E-state index in [1.807, 2.05) is 28.8 Å². The van der Waals surface area contributed by atoms with Crippen molar-refractivity contribution in [2.75, 3.05) is 11.1 Å². The van der Waals surface area contributed by atoms with Crippen molar-refractivity contribution < 1.29 is 9.90 Å². The lowest BCUT2D eigenvalue weighted by Gasteiger charge is -2.07. The Balaban J connectivity index is 1.75. The van der Waals surface area contributed by atoms with E-state index in [4.69, 9.17) is 10.8 Å². The SMILES string of the molecule is Nc1nc2cc(NC(=O)O)ccc2n1CCCc1ccccc1. The van der Waals surface area contributed by atoms with Crippen LogP contribution in [-0.4, -0.2) is 20.8 Å². The van der Waals surface area contributed by atoms with E-state index in [-0.39, 0.29) is 0 Å². The Morgan fingerprint density at radius 1 is 1.22 bits per heavy atom. The summed E-state index contributed by atoms with van der Waals surface area (Å²) < 4.78 is 1.96. The summed E-state index contributed by atoms with van der Waals surface area (Å²) >= 11 is 0. The number of imidazole rings is 1. The minimum Gasteiger partial charge on any atom is -0.465 e. The topological polar surface area (TPSA) is 93.2 Å². The van der Waals surface area contributed by atoms with Crippen LogP contribution in [0.15, 0.2) is 48.5 Å². The molecular formula is C17H18N4O2. The van der Waals surface area contributed by atoms with Gasteiger partial charge in [-0.25, -0.2) is 9.78 Å². The summed E-state index contributed by atoms with van der Waals surface area (Å²) in [5.41, 5.74) is 9.38. The van der Waals surface area contributed by atoms with E-state index in [1.165, 1.54) is 5.56 Å². The molecule has 3 rings (SSSR count). The number of anilines is 2. The summed E-state index contributed by atoms with van der Waals surface area (Å²) in [6.45, 7) is 0.767. The zero-order valence-electron chi connectivity index (χ0n) is 12.6. The third-order valence-corrected chi connectivity index (χ3v) is 3.72. The zero-order chi connectivity index (χ0) is 16.2. The molecule has 4 N–H and O–H groups in total. The molecule has 0 saturated carbocycles. The summed E-state index contributed by atoms with van der Waals surface area (Å²) in [5.74, 6) is 0.445. The van der Waals surface area contributed by atoms with Crippen LogP contribution in [-0.2, 0) is 13.0 Å². The molecule has 118 valence electrons. The number of aryl methyl sites for hydroxylation is 2. The van der Waals surface area contributed by atoms with Crippen LogP contribution < -0.4 is 11.1 Å². The molecule has 1 aromatic heterocycles. The number of aromatic nitrogens is 2. The quantitative estimate of drug-likeness (QED) is 0.673. The van der Waals surface area contributed by atoms with Gasteiger partial charge >= 0.3 is 6.09 Å². The summed E-state index contributed by atoms with van der Waals surface area (Å²) in [7, 11) is 0. The van der Waals surface area contributed by atoms with Crippen molar-refractivity contribution in [3.05, 3.63) is 54.1 Å². The Morgan fingerprint density at radius 2 is 2.00 bits per heavy atom. The third kappa shape index (κ3) is 3.42. The van der Waals surface area contributed by atoms with Gasteiger partial charge in [-0.1, -0.05) is 30.3 Å². The van der Waals surface area contributed by atoms with Crippen LogP contribution in [0.2, 0.25) is 0 Å². The molecule has 3 aromatic rings. The van der Waals surface area contributed by atoms with Gasteiger partial charge < -0.3 is 15.4 Å². The Kier molecular flexibility index (Phi) is 4.14. The van der Waals surface area contributed by atoms with Gasteiger partial charge in [0.15, 0.2) is 0 Å². The molecule has 1 heterocycles. The molecular weight excluding hydrogens is 292 g/mol. The number of carboxylic acid groups (broad SMARTS) is 1. The Morgan fingerprint density at radius 3 is 2.74 bits per heavy atom. The van der Waals surface area contributed by atoms with Gasteiger partial charge in [-0.2, -0.15) is 0 Å². The Labute approximate surface area is 133 Å². The maximum absolute atomic E-state index is 10.7. The Bertz CT molecular complexity index is 827. The van der Waals surface area contributed by atoms with Gasteiger partial charge in [0.2, 0.25) is 5.95 Å². The lowest BCUT2D eigenvalue weighted by atomic mass is 10.1. The number of amides is 1. The summed E-state index contributed by atoms with van der Waals surface area (Å²) in [6.07, 6.45) is 0.826. The molecule has 6 nitrogen and oxygen atoms in total. The number of nitrogens with zero attached hydrogens (tertiary/aromatic N) is 2. The van der Waals surface area contributed by atoms with Crippen LogP contribution in [0, 0.1) is 0 Å². The molecule has 0 aliphatic carbocycles. The van der Waals surface area contributed by atoms with Crippen molar-refractivity contribution in [1.29, 1.82) is 0 Å². The minimum atomic E-state index is -1.10. The maximum atomic E-state index is 10.7. The highest BCUT2D eigenvalue weighted by atomic mass is 16.4. The average Bonchev–Trinajstić information content (AvgIpc) is 2.83. The van der Waals surface area contributed by atoms with Crippen LogP contribution in [0.25, 0.3) is 11.0 Å². The highest BCUT2D eigenvalue weighted by Gasteiger charge is 2.09. The van der Waals surface area contributed by atoms with Crippen molar-refractivity contribution in [3.8, 4) is 0 Å². The van der Waals surface area contributed by atoms with Crippen LogP contribution in [0.4, 0.5) is 16.4 Å². The highest BCUT2D eigenvalue weighted by Crippen LogP contribution is 2.22. The van der Waals surface area contributed by atoms with E-state index in [1.54, 1.807) is 12.1 Å². The number of nitrogens with two attached hydrogens (primary N) is 1. The molecule has 0 spiro atoms. The largest absolute Gasteiger partial charge is 0.465 e. The van der Waals surface area contributed by atoms with E-state index in [0.717, 1.165) is 24.9 Å². The maximum Gasteiger partial charge on any atom is 0.409 e. The molecule has 0 atom stereocenters. The van der Waals surface area contributed by atoms with Crippen molar-refractivity contribution in [2.45, 2.75) is 19.4 Å². The molecule has 0 bridgehead atoms.